The molecule has 0 aliphatic carbocycles. The maximum atomic E-state index is 12.1. The van der Waals surface area contributed by atoms with Crippen LogP contribution in [-0.4, -0.2) is 26.9 Å². The van der Waals surface area contributed by atoms with Crippen molar-refractivity contribution in [3.8, 4) is 0 Å². The molecule has 0 saturated heterocycles. The summed E-state index contributed by atoms with van der Waals surface area (Å²) in [7, 11) is 1.84. The normalized spacial score (nSPS) is 11.3. The van der Waals surface area contributed by atoms with E-state index >= 15 is 0 Å². The number of hydrogen-bond acceptors (Lipinski definition) is 3. The van der Waals surface area contributed by atoms with Crippen molar-refractivity contribution in [3.63, 3.8) is 0 Å². The number of H-pyrrole nitrogens is 1. The van der Waals surface area contributed by atoms with Crippen LogP contribution in [0, 0.1) is 6.92 Å². The van der Waals surface area contributed by atoms with E-state index < -0.39 is 0 Å². The van der Waals surface area contributed by atoms with E-state index in [0.717, 1.165) is 22.2 Å². The zero-order chi connectivity index (χ0) is 14.8. The van der Waals surface area contributed by atoms with Gasteiger partial charge in [-0.1, -0.05) is 18.2 Å². The number of amides is 1. The molecule has 0 unspecified atom stereocenters. The fourth-order valence-corrected chi connectivity index (χ4v) is 2.22. The van der Waals surface area contributed by atoms with Crippen LogP contribution in [0.25, 0.3) is 10.9 Å². The number of hydrogen-bond donors (Lipinski definition) is 2. The summed E-state index contributed by atoms with van der Waals surface area (Å²) < 4.78 is 1.71. The molecule has 2 heterocycles. The highest BCUT2D eigenvalue weighted by atomic mass is 16.2. The Hall–Kier alpha value is -2.89. The Bertz CT molecular complexity index is 828. The van der Waals surface area contributed by atoms with Crippen LogP contribution in [0.4, 0.5) is 0 Å². The summed E-state index contributed by atoms with van der Waals surface area (Å²) >= 11 is 0. The zero-order valence-corrected chi connectivity index (χ0v) is 11.8. The first kappa shape index (κ1) is 13.1. The second-order valence-electron chi connectivity index (χ2n) is 4.79. The van der Waals surface area contributed by atoms with Crippen LogP contribution >= 0.6 is 0 Å². The van der Waals surface area contributed by atoms with Crippen LogP contribution in [0.3, 0.4) is 0 Å². The van der Waals surface area contributed by atoms with Gasteiger partial charge in [0.15, 0.2) is 0 Å². The van der Waals surface area contributed by atoms with Crippen LogP contribution in [0.2, 0.25) is 0 Å². The number of carbonyl (C=O) groups is 1. The molecule has 0 radical (unpaired) electrons. The Kier molecular flexibility index (Phi) is 3.27. The average Bonchev–Trinajstić information content (AvgIpc) is 3.02. The predicted molar refractivity (Wildman–Crippen MR) is 81.3 cm³/mol. The minimum absolute atomic E-state index is 0.245. The number of benzene rings is 1. The van der Waals surface area contributed by atoms with Crippen molar-refractivity contribution < 1.29 is 4.79 Å². The van der Waals surface area contributed by atoms with Gasteiger partial charge in [0.25, 0.3) is 5.91 Å². The number of carbonyl (C=O) groups excluding carboxylic acids is 1. The van der Waals surface area contributed by atoms with Crippen LogP contribution < -0.4 is 5.43 Å². The third-order valence-corrected chi connectivity index (χ3v) is 3.26. The molecule has 1 amide bonds. The summed E-state index contributed by atoms with van der Waals surface area (Å²) in [5.74, 6) is -0.245. The standard InChI is InChI=1S/C15H15N5O/c1-10-11(9-20(2)19-10)7-17-18-15(21)13-8-16-14-6-4-3-5-12(13)14/h3-9,16H,1-2H3,(H,18,21)/b17-7-. The monoisotopic (exact) mass is 281 g/mol. The van der Waals surface area contributed by atoms with Crippen molar-refractivity contribution in [2.45, 2.75) is 6.92 Å². The molecule has 0 aliphatic heterocycles. The molecule has 0 atom stereocenters. The molecule has 0 spiro atoms. The molecule has 2 N–H and O–H groups in total. The minimum Gasteiger partial charge on any atom is -0.360 e. The first-order chi connectivity index (χ1) is 10.1. The Morgan fingerprint density at radius 2 is 2.24 bits per heavy atom. The molecular weight excluding hydrogens is 266 g/mol. The first-order valence-corrected chi connectivity index (χ1v) is 6.55. The smallest absolute Gasteiger partial charge is 0.273 e. The highest BCUT2D eigenvalue weighted by Gasteiger charge is 2.10. The molecule has 6 heteroatoms. The van der Waals surface area contributed by atoms with Crippen molar-refractivity contribution in [3.05, 3.63) is 53.5 Å². The summed E-state index contributed by atoms with van der Waals surface area (Å²) in [6.45, 7) is 1.89. The lowest BCUT2D eigenvalue weighted by atomic mass is 10.2. The topological polar surface area (TPSA) is 75.1 Å². The number of hydrazone groups is 1. The van der Waals surface area contributed by atoms with Crippen molar-refractivity contribution in [1.29, 1.82) is 0 Å². The van der Waals surface area contributed by atoms with Gasteiger partial charge in [0, 0.05) is 35.9 Å². The van der Waals surface area contributed by atoms with Crippen molar-refractivity contribution in [2.24, 2.45) is 12.1 Å². The van der Waals surface area contributed by atoms with Gasteiger partial charge in [-0.3, -0.25) is 9.48 Å². The van der Waals surface area contributed by atoms with Gasteiger partial charge in [0.2, 0.25) is 0 Å². The Balaban J connectivity index is 1.76. The van der Waals surface area contributed by atoms with Crippen LogP contribution in [-0.2, 0) is 7.05 Å². The number of rotatable bonds is 3. The Morgan fingerprint density at radius 3 is 3.00 bits per heavy atom. The van der Waals surface area contributed by atoms with Crippen LogP contribution in [0.15, 0.2) is 41.8 Å². The lowest BCUT2D eigenvalue weighted by Gasteiger charge is -1.97. The molecule has 6 nitrogen and oxygen atoms in total. The Labute approximate surface area is 121 Å². The van der Waals surface area contributed by atoms with Crippen molar-refractivity contribution in [1.82, 2.24) is 20.2 Å². The molecule has 2 aromatic heterocycles. The average molecular weight is 281 g/mol. The van der Waals surface area contributed by atoms with Crippen molar-refractivity contribution >= 4 is 23.0 Å². The number of para-hydroxylation sites is 1. The van der Waals surface area contributed by atoms with E-state index in [0.29, 0.717) is 5.56 Å². The number of aryl methyl sites for hydroxylation is 2. The van der Waals surface area contributed by atoms with Crippen LogP contribution in [0.1, 0.15) is 21.6 Å². The molecule has 21 heavy (non-hydrogen) atoms. The molecule has 3 aromatic rings. The molecule has 3 rings (SSSR count). The number of aromatic nitrogens is 3. The number of nitrogens with zero attached hydrogens (tertiary/aromatic N) is 3. The number of aromatic amines is 1. The molecule has 106 valence electrons. The highest BCUT2D eigenvalue weighted by Crippen LogP contribution is 2.17. The molecule has 0 saturated carbocycles. The van der Waals surface area contributed by atoms with Gasteiger partial charge in [-0.2, -0.15) is 10.2 Å². The summed E-state index contributed by atoms with van der Waals surface area (Å²) in [5, 5.41) is 9.07. The van der Waals surface area contributed by atoms with E-state index in [-0.39, 0.29) is 5.91 Å². The van der Waals surface area contributed by atoms with Gasteiger partial charge in [-0.05, 0) is 13.0 Å². The summed E-state index contributed by atoms with van der Waals surface area (Å²) in [6, 6.07) is 7.64. The van der Waals surface area contributed by atoms with Gasteiger partial charge in [-0.15, -0.1) is 0 Å². The van der Waals surface area contributed by atoms with E-state index in [9.17, 15) is 4.79 Å². The lowest BCUT2D eigenvalue weighted by molar-refractivity contribution is 0.0957. The second kappa shape index (κ2) is 5.24. The maximum absolute atomic E-state index is 12.1. The summed E-state index contributed by atoms with van der Waals surface area (Å²) in [6.07, 6.45) is 5.12. The van der Waals surface area contributed by atoms with Gasteiger partial charge < -0.3 is 4.98 Å². The van der Waals surface area contributed by atoms with E-state index in [2.05, 4.69) is 20.6 Å². The SMILES string of the molecule is Cc1nn(C)cc1/C=N\NC(=O)c1c[nH]c2ccccc12. The summed E-state index contributed by atoms with van der Waals surface area (Å²) in [4.78, 5) is 15.2. The molecule has 0 fully saturated rings. The van der Waals surface area contributed by atoms with Gasteiger partial charge >= 0.3 is 0 Å². The quantitative estimate of drug-likeness (QED) is 0.569. The molecule has 0 bridgehead atoms. The van der Waals surface area contributed by atoms with Gasteiger partial charge in [0.1, 0.15) is 0 Å². The number of fused-ring (bicyclic) bond motifs is 1. The van der Waals surface area contributed by atoms with E-state index in [1.54, 1.807) is 17.1 Å². The fourth-order valence-electron chi connectivity index (χ4n) is 2.22. The van der Waals surface area contributed by atoms with Crippen LogP contribution in [0.5, 0.6) is 0 Å². The Morgan fingerprint density at radius 1 is 1.43 bits per heavy atom. The second-order valence-corrected chi connectivity index (χ2v) is 4.79. The molecular formula is C15H15N5O. The fraction of sp³-hybridized carbons (Fsp3) is 0.133. The third-order valence-electron chi connectivity index (χ3n) is 3.26. The third kappa shape index (κ3) is 2.55. The van der Waals surface area contributed by atoms with E-state index in [1.165, 1.54) is 0 Å². The van der Waals surface area contributed by atoms with Gasteiger partial charge in [-0.25, -0.2) is 5.43 Å². The molecule has 0 aliphatic rings. The summed E-state index contributed by atoms with van der Waals surface area (Å²) in [5.41, 5.74) is 5.77. The first-order valence-electron chi connectivity index (χ1n) is 6.55. The van der Waals surface area contributed by atoms with Gasteiger partial charge in [0.05, 0.1) is 17.5 Å². The maximum Gasteiger partial charge on any atom is 0.273 e. The number of nitrogens with one attached hydrogen (secondary N) is 2. The largest absolute Gasteiger partial charge is 0.360 e. The van der Waals surface area contributed by atoms with Crippen molar-refractivity contribution in [2.75, 3.05) is 0 Å². The molecule has 1 aromatic carbocycles. The van der Waals surface area contributed by atoms with E-state index in [1.807, 2.05) is 44.4 Å². The lowest BCUT2D eigenvalue weighted by Crippen LogP contribution is -2.17. The predicted octanol–water partition coefficient (Wildman–Crippen LogP) is 1.97. The zero-order valence-electron chi connectivity index (χ0n) is 11.8. The van der Waals surface area contributed by atoms with E-state index in [4.69, 9.17) is 0 Å². The highest BCUT2D eigenvalue weighted by molar-refractivity contribution is 6.06. The minimum atomic E-state index is -0.245.